The number of hydrogen-bond donors (Lipinski definition) is 3. The minimum atomic E-state index is -2.85. The zero-order valence-corrected chi connectivity index (χ0v) is 11.4. The molecule has 0 amide bonds. The van der Waals surface area contributed by atoms with Gasteiger partial charge in [-0.3, -0.25) is 10.4 Å². The van der Waals surface area contributed by atoms with Gasteiger partial charge in [-0.05, 0) is 24.5 Å². The predicted molar refractivity (Wildman–Crippen MR) is 76.5 cm³/mol. The molecule has 104 valence electrons. The van der Waals surface area contributed by atoms with Crippen molar-refractivity contribution in [2.24, 2.45) is 16.8 Å². The number of hydrazine groups is 1. The van der Waals surface area contributed by atoms with Crippen LogP contribution in [0.5, 0.6) is 0 Å². The molecule has 0 spiro atoms. The monoisotopic (exact) mass is 282 g/mol. The summed E-state index contributed by atoms with van der Waals surface area (Å²) in [6.45, 7) is 0.457. The number of hydrogen-bond acceptors (Lipinski definition) is 4. The number of nitrogens with one attached hydrogen (secondary N) is 2. The summed E-state index contributed by atoms with van der Waals surface area (Å²) in [6, 6.07) is 9.51. The first-order valence-corrected chi connectivity index (χ1v) is 7.95. The Bertz CT molecular complexity index is 542. The number of nitrogens with two attached hydrogens (primary N) is 1. The van der Waals surface area contributed by atoms with Crippen molar-refractivity contribution in [3.8, 4) is 0 Å². The van der Waals surface area contributed by atoms with Crippen molar-refractivity contribution in [3.05, 3.63) is 30.3 Å². The fourth-order valence-corrected chi connectivity index (χ4v) is 3.87. The van der Waals surface area contributed by atoms with Crippen LogP contribution in [0.1, 0.15) is 6.42 Å². The van der Waals surface area contributed by atoms with Crippen molar-refractivity contribution in [2.75, 3.05) is 23.4 Å². The number of guanidine groups is 1. The average molecular weight is 282 g/mol. The molecule has 1 fully saturated rings. The Labute approximate surface area is 113 Å². The molecule has 1 aliphatic heterocycles. The summed E-state index contributed by atoms with van der Waals surface area (Å²) < 4.78 is 22.7. The molecular formula is C12H18N4O2S. The molecule has 6 nitrogen and oxygen atoms in total. The average Bonchev–Trinajstić information content (AvgIpc) is 2.75. The molecule has 2 rings (SSSR count). The summed E-state index contributed by atoms with van der Waals surface area (Å²) in [5.74, 6) is 6.42. The number of benzene rings is 1. The first-order chi connectivity index (χ1) is 9.09. The summed E-state index contributed by atoms with van der Waals surface area (Å²) in [4.78, 5) is 4.29. The zero-order valence-electron chi connectivity index (χ0n) is 10.5. The van der Waals surface area contributed by atoms with Crippen LogP contribution in [0.15, 0.2) is 35.3 Å². The lowest BCUT2D eigenvalue weighted by Crippen LogP contribution is -2.36. The fourth-order valence-electron chi connectivity index (χ4n) is 2.02. The van der Waals surface area contributed by atoms with Crippen molar-refractivity contribution >= 4 is 21.5 Å². The van der Waals surface area contributed by atoms with Crippen LogP contribution in [0.25, 0.3) is 0 Å². The minimum Gasteiger partial charge on any atom is -0.325 e. The molecule has 1 aromatic rings. The topological polar surface area (TPSA) is 96.6 Å². The number of rotatable bonds is 3. The summed E-state index contributed by atoms with van der Waals surface area (Å²) in [6.07, 6.45) is 0.676. The van der Waals surface area contributed by atoms with Crippen LogP contribution in [0.4, 0.5) is 5.69 Å². The SMILES string of the molecule is NNC(=NCC1CCS(=O)(=O)C1)Nc1ccccc1. The summed E-state index contributed by atoms with van der Waals surface area (Å²) in [5.41, 5.74) is 3.36. The standard InChI is InChI=1S/C12H18N4O2S/c13-16-12(15-11-4-2-1-3-5-11)14-8-10-6-7-19(17,18)9-10/h1-5,10H,6-9,13H2,(H2,14,15,16). The molecule has 1 heterocycles. The lowest BCUT2D eigenvalue weighted by molar-refractivity contribution is 0.591. The molecule has 0 bridgehead atoms. The van der Waals surface area contributed by atoms with Crippen molar-refractivity contribution in [1.29, 1.82) is 0 Å². The third-order valence-corrected chi connectivity index (χ3v) is 4.84. The lowest BCUT2D eigenvalue weighted by atomic mass is 10.1. The Morgan fingerprint density at radius 3 is 2.68 bits per heavy atom. The van der Waals surface area contributed by atoms with Crippen LogP contribution < -0.4 is 16.6 Å². The maximum atomic E-state index is 11.3. The largest absolute Gasteiger partial charge is 0.325 e. The van der Waals surface area contributed by atoms with E-state index in [2.05, 4.69) is 15.7 Å². The smallest absolute Gasteiger partial charge is 0.210 e. The van der Waals surface area contributed by atoms with Gasteiger partial charge in [-0.2, -0.15) is 0 Å². The molecule has 1 aliphatic rings. The second kappa shape index (κ2) is 6.03. The van der Waals surface area contributed by atoms with Gasteiger partial charge in [0.05, 0.1) is 11.5 Å². The van der Waals surface area contributed by atoms with E-state index in [1.54, 1.807) is 0 Å². The quantitative estimate of drug-likeness (QED) is 0.322. The molecule has 19 heavy (non-hydrogen) atoms. The van der Waals surface area contributed by atoms with Gasteiger partial charge >= 0.3 is 0 Å². The van der Waals surface area contributed by atoms with E-state index in [-0.39, 0.29) is 17.4 Å². The zero-order chi connectivity index (χ0) is 13.7. The number of anilines is 1. The van der Waals surface area contributed by atoms with Gasteiger partial charge in [0.2, 0.25) is 5.96 Å². The summed E-state index contributed by atoms with van der Waals surface area (Å²) in [5, 5.41) is 3.04. The van der Waals surface area contributed by atoms with Gasteiger partial charge in [0, 0.05) is 12.2 Å². The Hall–Kier alpha value is -1.60. The predicted octanol–water partition coefficient (Wildman–Crippen LogP) is 0.353. The molecule has 0 aromatic heterocycles. The van der Waals surface area contributed by atoms with Gasteiger partial charge in [0.1, 0.15) is 0 Å². The van der Waals surface area contributed by atoms with Crippen LogP contribution >= 0.6 is 0 Å². The first kappa shape index (κ1) is 13.8. The summed E-state index contributed by atoms with van der Waals surface area (Å²) >= 11 is 0. The first-order valence-electron chi connectivity index (χ1n) is 6.12. The molecule has 0 radical (unpaired) electrons. The van der Waals surface area contributed by atoms with Gasteiger partial charge < -0.3 is 5.32 Å². The van der Waals surface area contributed by atoms with Crippen molar-refractivity contribution in [2.45, 2.75) is 6.42 Å². The number of nitrogens with zero attached hydrogens (tertiary/aromatic N) is 1. The molecule has 1 aromatic carbocycles. The molecular weight excluding hydrogens is 264 g/mol. The van der Waals surface area contributed by atoms with E-state index in [9.17, 15) is 8.42 Å². The van der Waals surface area contributed by atoms with E-state index in [1.807, 2.05) is 30.3 Å². The van der Waals surface area contributed by atoms with Gasteiger partial charge in [-0.1, -0.05) is 18.2 Å². The van der Waals surface area contributed by atoms with Gasteiger partial charge in [-0.25, -0.2) is 14.3 Å². The van der Waals surface area contributed by atoms with Gasteiger partial charge in [-0.15, -0.1) is 0 Å². The minimum absolute atomic E-state index is 0.0888. The Balaban J connectivity index is 1.93. The van der Waals surface area contributed by atoms with E-state index in [1.165, 1.54) is 0 Å². The van der Waals surface area contributed by atoms with Crippen molar-refractivity contribution < 1.29 is 8.42 Å². The normalized spacial score (nSPS) is 22.2. The molecule has 7 heteroatoms. The molecule has 0 aliphatic carbocycles. The Morgan fingerprint density at radius 2 is 2.11 bits per heavy atom. The highest BCUT2D eigenvalue weighted by Crippen LogP contribution is 2.18. The van der Waals surface area contributed by atoms with Crippen LogP contribution in [0.3, 0.4) is 0 Å². The van der Waals surface area contributed by atoms with Crippen LogP contribution in [0.2, 0.25) is 0 Å². The highest BCUT2D eigenvalue weighted by atomic mass is 32.2. The molecule has 1 unspecified atom stereocenters. The second-order valence-corrected chi connectivity index (χ2v) is 6.82. The Morgan fingerprint density at radius 1 is 1.37 bits per heavy atom. The van der Waals surface area contributed by atoms with Crippen molar-refractivity contribution in [1.82, 2.24) is 5.43 Å². The third-order valence-electron chi connectivity index (χ3n) is 3.01. The number of aliphatic imine (C=N–C) groups is 1. The third kappa shape index (κ3) is 4.22. The van der Waals surface area contributed by atoms with E-state index >= 15 is 0 Å². The molecule has 1 atom stereocenters. The van der Waals surface area contributed by atoms with Crippen LogP contribution in [-0.2, 0) is 9.84 Å². The van der Waals surface area contributed by atoms with Gasteiger partial charge in [0.15, 0.2) is 9.84 Å². The van der Waals surface area contributed by atoms with Crippen molar-refractivity contribution in [3.63, 3.8) is 0 Å². The number of sulfone groups is 1. The highest BCUT2D eigenvalue weighted by molar-refractivity contribution is 7.91. The fraction of sp³-hybridized carbons (Fsp3) is 0.417. The van der Waals surface area contributed by atoms with E-state index in [4.69, 9.17) is 5.84 Å². The maximum Gasteiger partial charge on any atom is 0.210 e. The number of para-hydroxylation sites is 1. The summed E-state index contributed by atoms with van der Waals surface area (Å²) in [7, 11) is -2.85. The highest BCUT2D eigenvalue weighted by Gasteiger charge is 2.27. The van der Waals surface area contributed by atoms with E-state index in [0.29, 0.717) is 18.9 Å². The van der Waals surface area contributed by atoms with E-state index < -0.39 is 9.84 Å². The lowest BCUT2D eigenvalue weighted by Gasteiger charge is -2.10. The molecule has 4 N–H and O–H groups in total. The molecule has 0 saturated carbocycles. The van der Waals surface area contributed by atoms with Crippen LogP contribution in [0, 0.1) is 5.92 Å². The van der Waals surface area contributed by atoms with Crippen LogP contribution in [-0.4, -0.2) is 32.4 Å². The van der Waals surface area contributed by atoms with E-state index in [0.717, 1.165) is 5.69 Å². The maximum absolute atomic E-state index is 11.3. The molecule has 1 saturated heterocycles. The second-order valence-electron chi connectivity index (χ2n) is 4.59. The van der Waals surface area contributed by atoms with Gasteiger partial charge in [0.25, 0.3) is 0 Å². The Kier molecular flexibility index (Phi) is 4.39.